The number of rotatable bonds is 4. The minimum absolute atomic E-state index is 0.0327. The minimum Gasteiger partial charge on any atom is -0.444 e. The van der Waals surface area contributed by atoms with E-state index in [2.05, 4.69) is 5.32 Å². The summed E-state index contributed by atoms with van der Waals surface area (Å²) in [5.41, 5.74) is 0.865. The van der Waals surface area contributed by atoms with Gasteiger partial charge in [-0.1, -0.05) is 24.3 Å². The van der Waals surface area contributed by atoms with E-state index in [9.17, 15) is 27.9 Å². The number of carbonyl (C=O) groups excluding carboxylic acids is 2. The van der Waals surface area contributed by atoms with E-state index >= 15 is 0 Å². The lowest BCUT2D eigenvalue weighted by Gasteiger charge is -2.34. The summed E-state index contributed by atoms with van der Waals surface area (Å²) in [5, 5.41) is 13.4. The number of alkyl carbamates (subject to hydrolysis) is 1. The van der Waals surface area contributed by atoms with E-state index in [1.54, 1.807) is 45.0 Å². The van der Waals surface area contributed by atoms with Gasteiger partial charge in [0.2, 0.25) is 0 Å². The second-order valence-electron chi connectivity index (χ2n) is 8.61. The Morgan fingerprint density at radius 3 is 2.07 bits per heavy atom. The quantitative estimate of drug-likeness (QED) is 0.754. The monoisotopic (exact) mass is 430 g/mol. The van der Waals surface area contributed by atoms with Gasteiger partial charge >= 0.3 is 18.2 Å². The summed E-state index contributed by atoms with van der Waals surface area (Å²) in [6.07, 6.45) is -5.65. The molecular weight excluding hydrogens is 401 g/mol. The van der Waals surface area contributed by atoms with Crippen molar-refractivity contribution in [3.05, 3.63) is 35.4 Å². The van der Waals surface area contributed by atoms with Gasteiger partial charge in [0.1, 0.15) is 5.60 Å². The number of nitrogens with one attached hydrogen (secondary N) is 1. The van der Waals surface area contributed by atoms with Crippen LogP contribution >= 0.6 is 0 Å². The zero-order valence-electron chi connectivity index (χ0n) is 17.6. The number of carbonyl (C=O) groups is 2. The Balaban J connectivity index is 1.92. The highest BCUT2D eigenvalue weighted by Crippen LogP contribution is 2.32. The molecule has 0 aliphatic carbocycles. The molecule has 9 heteroatoms. The van der Waals surface area contributed by atoms with Crippen molar-refractivity contribution < 1.29 is 32.6 Å². The zero-order chi connectivity index (χ0) is 22.7. The fourth-order valence-corrected chi connectivity index (χ4v) is 3.42. The number of aliphatic hydroxyl groups excluding tert-OH is 1. The van der Waals surface area contributed by atoms with Crippen LogP contribution in [0.5, 0.6) is 0 Å². The molecule has 0 aromatic heterocycles. The van der Waals surface area contributed by atoms with Gasteiger partial charge in [-0.15, -0.1) is 0 Å². The van der Waals surface area contributed by atoms with E-state index in [4.69, 9.17) is 4.74 Å². The zero-order valence-corrected chi connectivity index (χ0v) is 17.6. The summed E-state index contributed by atoms with van der Waals surface area (Å²) in [4.78, 5) is 24.0. The molecule has 2 rings (SSSR count). The van der Waals surface area contributed by atoms with Crippen molar-refractivity contribution in [1.82, 2.24) is 10.2 Å². The van der Waals surface area contributed by atoms with Crippen LogP contribution in [0, 0.1) is 5.92 Å². The summed E-state index contributed by atoms with van der Waals surface area (Å²) < 4.78 is 42.9. The first-order valence-electron chi connectivity index (χ1n) is 9.91. The first kappa shape index (κ1) is 24.0. The van der Waals surface area contributed by atoms with Crippen molar-refractivity contribution in [2.45, 2.75) is 64.5 Å². The number of likely N-dealkylation sites (tertiary alicyclic amines) is 1. The lowest BCUT2D eigenvalue weighted by molar-refractivity contribution is -0.187. The van der Waals surface area contributed by atoms with Crippen LogP contribution in [-0.2, 0) is 9.53 Å². The molecular formula is C21H29F3N2O4. The first-order valence-corrected chi connectivity index (χ1v) is 9.91. The highest BCUT2D eigenvalue weighted by Gasteiger charge is 2.43. The topological polar surface area (TPSA) is 78.9 Å². The largest absolute Gasteiger partial charge is 0.471 e. The maximum absolute atomic E-state index is 12.5. The smallest absolute Gasteiger partial charge is 0.444 e. The van der Waals surface area contributed by atoms with Crippen molar-refractivity contribution in [3.8, 4) is 0 Å². The number of hydrogen-bond donors (Lipinski definition) is 2. The Labute approximate surface area is 174 Å². The molecule has 2 amide bonds. The molecule has 0 saturated carbocycles. The SMILES string of the molecule is C[C@H](NC(=O)OC(C)(C)C)c1ccc(C(O)C2CCN(C(=O)C(F)(F)F)CC2)cc1. The Hall–Kier alpha value is -2.29. The number of halogens is 3. The fourth-order valence-electron chi connectivity index (χ4n) is 3.42. The van der Waals surface area contributed by atoms with E-state index in [0.717, 1.165) is 10.5 Å². The van der Waals surface area contributed by atoms with Crippen molar-refractivity contribution in [1.29, 1.82) is 0 Å². The van der Waals surface area contributed by atoms with E-state index in [0.29, 0.717) is 18.4 Å². The maximum Gasteiger partial charge on any atom is 0.471 e. The number of aliphatic hydroxyl groups is 1. The lowest BCUT2D eigenvalue weighted by atomic mass is 9.87. The molecule has 1 heterocycles. The van der Waals surface area contributed by atoms with Crippen LogP contribution < -0.4 is 5.32 Å². The third kappa shape index (κ3) is 6.62. The standard InChI is InChI=1S/C21H29F3N2O4/c1-13(25-19(29)30-20(2,3)4)14-5-7-15(8-6-14)17(27)16-9-11-26(12-10-16)18(28)21(22,23)24/h5-8,13,16-17,27H,9-12H2,1-4H3,(H,25,29)/t13-,17?/m0/s1. The van der Waals surface area contributed by atoms with Gasteiger partial charge in [0.15, 0.2) is 0 Å². The normalized spacial score (nSPS) is 17.9. The molecule has 1 aliphatic rings. The van der Waals surface area contributed by atoms with Crippen LogP contribution in [0.2, 0.25) is 0 Å². The number of benzene rings is 1. The van der Waals surface area contributed by atoms with Crippen LogP contribution in [0.1, 0.15) is 63.8 Å². The van der Waals surface area contributed by atoms with Gasteiger partial charge < -0.3 is 20.1 Å². The second-order valence-corrected chi connectivity index (χ2v) is 8.61. The Bertz CT molecular complexity index is 736. The van der Waals surface area contributed by atoms with Crippen LogP contribution in [0.15, 0.2) is 24.3 Å². The molecule has 2 atom stereocenters. The van der Waals surface area contributed by atoms with Gasteiger partial charge in [-0.3, -0.25) is 4.79 Å². The molecule has 0 bridgehead atoms. The molecule has 6 nitrogen and oxygen atoms in total. The van der Waals surface area contributed by atoms with E-state index in [1.165, 1.54) is 0 Å². The highest BCUT2D eigenvalue weighted by molar-refractivity contribution is 5.81. The summed E-state index contributed by atoms with van der Waals surface area (Å²) in [5.74, 6) is -2.06. The molecule has 1 saturated heterocycles. The highest BCUT2D eigenvalue weighted by atomic mass is 19.4. The maximum atomic E-state index is 12.5. The van der Waals surface area contributed by atoms with Crippen LogP contribution in [-0.4, -0.2) is 46.9 Å². The van der Waals surface area contributed by atoms with E-state index < -0.39 is 29.9 Å². The van der Waals surface area contributed by atoms with Crippen molar-refractivity contribution in [2.24, 2.45) is 5.92 Å². The average molecular weight is 430 g/mol. The van der Waals surface area contributed by atoms with Gasteiger partial charge in [-0.25, -0.2) is 4.79 Å². The molecule has 30 heavy (non-hydrogen) atoms. The summed E-state index contributed by atoms with van der Waals surface area (Å²) in [6.45, 7) is 7.07. The average Bonchev–Trinajstić information content (AvgIpc) is 2.64. The third-order valence-corrected chi connectivity index (χ3v) is 5.03. The van der Waals surface area contributed by atoms with Gasteiger partial charge in [-0.2, -0.15) is 13.2 Å². The Morgan fingerprint density at radius 1 is 1.10 bits per heavy atom. The van der Waals surface area contributed by atoms with E-state index in [-0.39, 0.29) is 25.0 Å². The lowest BCUT2D eigenvalue weighted by Crippen LogP contribution is -2.46. The molecule has 168 valence electrons. The predicted octanol–water partition coefficient (Wildman–Crippen LogP) is 4.11. The molecule has 0 radical (unpaired) electrons. The molecule has 1 aliphatic heterocycles. The van der Waals surface area contributed by atoms with E-state index in [1.807, 2.05) is 6.92 Å². The number of piperidine rings is 1. The molecule has 1 aromatic carbocycles. The predicted molar refractivity (Wildman–Crippen MR) is 105 cm³/mol. The van der Waals surface area contributed by atoms with Crippen LogP contribution in [0.4, 0.5) is 18.0 Å². The number of hydrogen-bond acceptors (Lipinski definition) is 4. The molecule has 1 fully saturated rings. The first-order chi connectivity index (χ1) is 13.8. The number of ether oxygens (including phenoxy) is 1. The van der Waals surface area contributed by atoms with Crippen LogP contribution in [0.3, 0.4) is 0 Å². The Morgan fingerprint density at radius 2 is 1.60 bits per heavy atom. The number of nitrogens with zero attached hydrogens (tertiary/aromatic N) is 1. The van der Waals surface area contributed by atoms with Crippen molar-refractivity contribution in [3.63, 3.8) is 0 Å². The fraction of sp³-hybridized carbons (Fsp3) is 0.619. The second kappa shape index (κ2) is 9.24. The summed E-state index contributed by atoms with van der Waals surface area (Å²) in [7, 11) is 0. The minimum atomic E-state index is -4.87. The summed E-state index contributed by atoms with van der Waals surface area (Å²) >= 11 is 0. The third-order valence-electron chi connectivity index (χ3n) is 5.03. The van der Waals surface area contributed by atoms with Crippen molar-refractivity contribution >= 4 is 12.0 Å². The molecule has 2 N–H and O–H groups in total. The van der Waals surface area contributed by atoms with Gasteiger partial charge in [0.05, 0.1) is 12.1 Å². The number of amides is 2. The van der Waals surface area contributed by atoms with Crippen LogP contribution in [0.25, 0.3) is 0 Å². The van der Waals surface area contributed by atoms with Crippen molar-refractivity contribution in [2.75, 3.05) is 13.1 Å². The van der Waals surface area contributed by atoms with Gasteiger partial charge in [0, 0.05) is 13.1 Å². The van der Waals surface area contributed by atoms with Gasteiger partial charge in [-0.05, 0) is 57.6 Å². The Kier molecular flexibility index (Phi) is 7.39. The van der Waals surface area contributed by atoms with Gasteiger partial charge in [0.25, 0.3) is 0 Å². The molecule has 1 unspecified atom stereocenters. The molecule has 0 spiro atoms. The summed E-state index contributed by atoms with van der Waals surface area (Å²) in [6, 6.07) is 6.73. The molecule has 1 aromatic rings. The number of alkyl halides is 3.